The number of nitrogen functional groups attached to an aromatic ring is 1. The Kier molecular flexibility index (Phi) is 3.53. The maximum absolute atomic E-state index is 5.74. The van der Waals surface area contributed by atoms with Crippen molar-refractivity contribution in [1.82, 2.24) is 4.98 Å². The minimum absolute atomic E-state index is 0.820. The molecule has 1 aliphatic rings. The van der Waals surface area contributed by atoms with Crippen molar-refractivity contribution in [2.75, 3.05) is 41.7 Å². The van der Waals surface area contributed by atoms with Crippen LogP contribution in [0.4, 0.5) is 16.5 Å². The first kappa shape index (κ1) is 13.2. The fourth-order valence-corrected chi connectivity index (χ4v) is 3.39. The number of aryl methyl sites for hydroxylation is 2. The molecule has 0 amide bonds. The van der Waals surface area contributed by atoms with E-state index in [-0.39, 0.29) is 0 Å². The fourth-order valence-electron chi connectivity index (χ4n) is 2.43. The Morgan fingerprint density at radius 1 is 1.00 bits per heavy atom. The molecule has 0 saturated carbocycles. The molecule has 1 aromatic carbocycles. The van der Waals surface area contributed by atoms with Crippen molar-refractivity contribution in [2.24, 2.45) is 0 Å². The molecule has 2 aromatic rings. The molecule has 0 spiro atoms. The van der Waals surface area contributed by atoms with Gasteiger partial charge in [-0.2, -0.15) is 0 Å². The molecule has 0 aliphatic carbocycles. The second-order valence-corrected chi connectivity index (χ2v) is 6.39. The van der Waals surface area contributed by atoms with Gasteiger partial charge in [-0.05, 0) is 38.1 Å². The van der Waals surface area contributed by atoms with Crippen molar-refractivity contribution >= 4 is 27.8 Å². The minimum atomic E-state index is 0.820. The Balaban J connectivity index is 1.66. The number of nitrogens with two attached hydrogens (primary N) is 1. The third kappa shape index (κ3) is 2.58. The number of nitrogens with zero attached hydrogens (tertiary/aromatic N) is 3. The zero-order chi connectivity index (χ0) is 14.1. The van der Waals surface area contributed by atoms with Gasteiger partial charge in [0.05, 0.1) is 5.69 Å². The summed E-state index contributed by atoms with van der Waals surface area (Å²) in [5, 5.41) is 1.16. The summed E-state index contributed by atoms with van der Waals surface area (Å²) in [6, 6.07) is 8.13. The number of thiazole rings is 1. The van der Waals surface area contributed by atoms with Gasteiger partial charge in [-0.3, -0.25) is 0 Å². The van der Waals surface area contributed by atoms with E-state index >= 15 is 0 Å². The van der Waals surface area contributed by atoms with Gasteiger partial charge in [0.15, 0.2) is 5.13 Å². The molecule has 4 nitrogen and oxygen atoms in total. The van der Waals surface area contributed by atoms with Crippen molar-refractivity contribution in [1.29, 1.82) is 0 Å². The van der Waals surface area contributed by atoms with E-state index < -0.39 is 0 Å². The molecule has 106 valence electrons. The summed E-state index contributed by atoms with van der Waals surface area (Å²) in [6.07, 6.45) is 0. The van der Waals surface area contributed by atoms with Crippen molar-refractivity contribution in [3.8, 4) is 0 Å². The lowest BCUT2D eigenvalue weighted by atomic mass is 10.2. The third-order valence-corrected chi connectivity index (χ3v) is 4.96. The zero-order valence-corrected chi connectivity index (χ0v) is 12.8. The van der Waals surface area contributed by atoms with Crippen LogP contribution in [0.2, 0.25) is 0 Å². The van der Waals surface area contributed by atoms with Crippen LogP contribution in [0.3, 0.4) is 0 Å². The van der Waals surface area contributed by atoms with E-state index in [9.17, 15) is 0 Å². The molecule has 20 heavy (non-hydrogen) atoms. The van der Waals surface area contributed by atoms with Crippen molar-refractivity contribution in [3.05, 3.63) is 34.8 Å². The number of aromatic nitrogens is 1. The first-order valence-corrected chi connectivity index (χ1v) is 7.74. The molecule has 3 rings (SSSR count). The summed E-state index contributed by atoms with van der Waals surface area (Å²) >= 11 is 1.80. The minimum Gasteiger partial charge on any atom is -0.399 e. The van der Waals surface area contributed by atoms with Gasteiger partial charge in [-0.1, -0.05) is 0 Å². The normalized spacial score (nSPS) is 15.7. The highest BCUT2D eigenvalue weighted by molar-refractivity contribution is 7.15. The summed E-state index contributed by atoms with van der Waals surface area (Å²) in [4.78, 5) is 10.8. The lowest BCUT2D eigenvalue weighted by Crippen LogP contribution is -2.46. The van der Waals surface area contributed by atoms with Crippen molar-refractivity contribution < 1.29 is 0 Å². The molecular formula is C15H20N4S. The average Bonchev–Trinajstić information content (AvgIpc) is 2.80. The highest BCUT2D eigenvalue weighted by Gasteiger charge is 2.20. The van der Waals surface area contributed by atoms with Gasteiger partial charge in [0.1, 0.15) is 0 Å². The van der Waals surface area contributed by atoms with E-state index in [0.717, 1.165) is 42.7 Å². The Labute approximate surface area is 123 Å². The summed E-state index contributed by atoms with van der Waals surface area (Å²) in [5.74, 6) is 0. The van der Waals surface area contributed by atoms with Gasteiger partial charge in [0.25, 0.3) is 0 Å². The lowest BCUT2D eigenvalue weighted by molar-refractivity contribution is 0.652. The largest absolute Gasteiger partial charge is 0.399 e. The average molecular weight is 288 g/mol. The number of hydrogen-bond donors (Lipinski definition) is 1. The number of benzene rings is 1. The topological polar surface area (TPSA) is 45.4 Å². The highest BCUT2D eigenvalue weighted by atomic mass is 32.1. The molecular weight excluding hydrogens is 268 g/mol. The summed E-state index contributed by atoms with van der Waals surface area (Å²) in [6.45, 7) is 8.33. The molecule has 2 N–H and O–H groups in total. The van der Waals surface area contributed by atoms with Crippen LogP contribution in [0.5, 0.6) is 0 Å². The van der Waals surface area contributed by atoms with Crippen LogP contribution in [0.25, 0.3) is 0 Å². The maximum atomic E-state index is 5.74. The molecule has 0 radical (unpaired) electrons. The Hall–Kier alpha value is -1.75. The molecule has 5 heteroatoms. The van der Waals surface area contributed by atoms with Crippen LogP contribution in [-0.4, -0.2) is 31.2 Å². The van der Waals surface area contributed by atoms with Crippen LogP contribution in [0.1, 0.15) is 10.6 Å². The standard InChI is InChI=1S/C15H20N4S/c1-11-12(2)20-15(17-11)19-9-7-18(8-10-19)14-5-3-13(16)4-6-14/h3-6H,7-10,16H2,1-2H3. The molecule has 2 heterocycles. The van der Waals surface area contributed by atoms with Crippen LogP contribution < -0.4 is 15.5 Å². The van der Waals surface area contributed by atoms with E-state index in [1.807, 2.05) is 12.1 Å². The molecule has 1 aromatic heterocycles. The monoisotopic (exact) mass is 288 g/mol. The molecule has 0 unspecified atom stereocenters. The quantitative estimate of drug-likeness (QED) is 0.863. The SMILES string of the molecule is Cc1nc(N2CCN(c3ccc(N)cc3)CC2)sc1C. The summed E-state index contributed by atoms with van der Waals surface area (Å²) in [5.41, 5.74) is 8.97. The van der Waals surface area contributed by atoms with Gasteiger partial charge in [0, 0.05) is 42.4 Å². The number of piperazine rings is 1. The number of anilines is 3. The lowest BCUT2D eigenvalue weighted by Gasteiger charge is -2.36. The van der Waals surface area contributed by atoms with Crippen molar-refractivity contribution in [3.63, 3.8) is 0 Å². The Morgan fingerprint density at radius 3 is 2.15 bits per heavy atom. The Morgan fingerprint density at radius 2 is 1.60 bits per heavy atom. The van der Waals surface area contributed by atoms with Crippen LogP contribution >= 0.6 is 11.3 Å². The summed E-state index contributed by atoms with van der Waals surface area (Å²) in [7, 11) is 0. The zero-order valence-electron chi connectivity index (χ0n) is 12.0. The first-order valence-electron chi connectivity index (χ1n) is 6.93. The molecule has 0 bridgehead atoms. The van der Waals surface area contributed by atoms with E-state index in [0.29, 0.717) is 0 Å². The van der Waals surface area contributed by atoms with Crippen LogP contribution in [-0.2, 0) is 0 Å². The molecule has 1 aliphatic heterocycles. The fraction of sp³-hybridized carbons (Fsp3) is 0.400. The van der Waals surface area contributed by atoms with E-state index in [4.69, 9.17) is 5.73 Å². The van der Waals surface area contributed by atoms with Crippen LogP contribution in [0, 0.1) is 13.8 Å². The van der Waals surface area contributed by atoms with Gasteiger partial charge >= 0.3 is 0 Å². The molecule has 0 atom stereocenters. The van der Waals surface area contributed by atoms with E-state index in [1.54, 1.807) is 11.3 Å². The van der Waals surface area contributed by atoms with E-state index in [1.165, 1.54) is 10.6 Å². The van der Waals surface area contributed by atoms with Gasteiger partial charge in [0.2, 0.25) is 0 Å². The van der Waals surface area contributed by atoms with Gasteiger partial charge in [-0.25, -0.2) is 4.98 Å². The second-order valence-electron chi connectivity index (χ2n) is 5.20. The second kappa shape index (κ2) is 5.32. The summed E-state index contributed by atoms with van der Waals surface area (Å²) < 4.78 is 0. The Bertz CT molecular complexity index is 563. The predicted octanol–water partition coefficient (Wildman–Crippen LogP) is 2.67. The van der Waals surface area contributed by atoms with Crippen molar-refractivity contribution in [2.45, 2.75) is 13.8 Å². The highest BCUT2D eigenvalue weighted by Crippen LogP contribution is 2.27. The third-order valence-electron chi connectivity index (χ3n) is 3.83. The van der Waals surface area contributed by atoms with Gasteiger partial charge < -0.3 is 15.5 Å². The maximum Gasteiger partial charge on any atom is 0.185 e. The smallest absolute Gasteiger partial charge is 0.185 e. The van der Waals surface area contributed by atoms with E-state index in [2.05, 4.69) is 40.8 Å². The molecule has 1 fully saturated rings. The predicted molar refractivity (Wildman–Crippen MR) is 86.9 cm³/mol. The molecule has 1 saturated heterocycles. The van der Waals surface area contributed by atoms with Gasteiger partial charge in [-0.15, -0.1) is 11.3 Å². The number of rotatable bonds is 2. The first-order chi connectivity index (χ1) is 9.63. The van der Waals surface area contributed by atoms with Crippen LogP contribution in [0.15, 0.2) is 24.3 Å². The number of hydrogen-bond acceptors (Lipinski definition) is 5.